The van der Waals surface area contributed by atoms with Crippen LogP contribution in [0.3, 0.4) is 0 Å². The van der Waals surface area contributed by atoms with Gasteiger partial charge < -0.3 is 10.0 Å². The van der Waals surface area contributed by atoms with Gasteiger partial charge in [0.25, 0.3) is 0 Å². The minimum absolute atomic E-state index is 0.0223. The predicted octanol–water partition coefficient (Wildman–Crippen LogP) is 0.886. The van der Waals surface area contributed by atoms with Crippen molar-refractivity contribution in [3.8, 4) is 0 Å². The second kappa shape index (κ2) is 4.79. The molecule has 4 heteroatoms. The van der Waals surface area contributed by atoms with Gasteiger partial charge in [0.05, 0.1) is 5.92 Å². The highest BCUT2D eigenvalue weighted by molar-refractivity contribution is 5.79. The van der Waals surface area contributed by atoms with Gasteiger partial charge in [0.1, 0.15) is 0 Å². The van der Waals surface area contributed by atoms with Gasteiger partial charge >= 0.3 is 5.97 Å². The summed E-state index contributed by atoms with van der Waals surface area (Å²) >= 11 is 0. The van der Waals surface area contributed by atoms with Crippen LogP contribution < -0.4 is 0 Å². The van der Waals surface area contributed by atoms with E-state index in [1.807, 2.05) is 0 Å². The Bertz CT molecular complexity index is 250. The van der Waals surface area contributed by atoms with Crippen molar-refractivity contribution < 1.29 is 14.7 Å². The topological polar surface area (TPSA) is 57.6 Å². The van der Waals surface area contributed by atoms with Gasteiger partial charge in [-0.15, -0.1) is 6.58 Å². The van der Waals surface area contributed by atoms with Crippen LogP contribution in [0.25, 0.3) is 0 Å². The molecule has 0 unspecified atom stereocenters. The number of hydrogen-bond donors (Lipinski definition) is 1. The Morgan fingerprint density at radius 1 is 1.57 bits per heavy atom. The first-order chi connectivity index (χ1) is 6.65. The molecule has 4 nitrogen and oxygen atoms in total. The lowest BCUT2D eigenvalue weighted by Crippen LogP contribution is -2.42. The minimum atomic E-state index is -0.805. The lowest BCUT2D eigenvalue weighted by Gasteiger charge is -2.30. The fourth-order valence-electron chi connectivity index (χ4n) is 1.66. The predicted molar refractivity (Wildman–Crippen MR) is 51.8 cm³/mol. The molecule has 0 saturated carbocycles. The summed E-state index contributed by atoms with van der Waals surface area (Å²) in [5.74, 6) is -1.22. The molecule has 1 atom stereocenters. The van der Waals surface area contributed by atoms with E-state index in [1.165, 1.54) is 0 Å². The molecule has 1 fully saturated rings. The molecule has 1 amide bonds. The van der Waals surface area contributed by atoms with Gasteiger partial charge in [-0.3, -0.25) is 9.59 Å². The lowest BCUT2D eigenvalue weighted by atomic mass is 9.98. The third-order valence-electron chi connectivity index (χ3n) is 2.44. The number of amides is 1. The number of likely N-dealkylation sites (tertiary alicyclic amines) is 1. The van der Waals surface area contributed by atoms with Gasteiger partial charge in [0.2, 0.25) is 5.91 Å². The van der Waals surface area contributed by atoms with Gasteiger partial charge in [-0.05, 0) is 12.8 Å². The quantitative estimate of drug-likeness (QED) is 0.683. The zero-order chi connectivity index (χ0) is 10.6. The standard InChI is InChI=1S/C10H15NO3/c1-2-4-9(12)11-6-3-5-8(7-11)10(13)14/h2,8H,1,3-7H2,(H,13,14)/t8-/m0/s1. The maximum atomic E-state index is 11.4. The van der Waals surface area contributed by atoms with Crippen LogP contribution in [0, 0.1) is 5.92 Å². The Morgan fingerprint density at radius 2 is 2.29 bits per heavy atom. The van der Waals surface area contributed by atoms with E-state index in [9.17, 15) is 9.59 Å². The number of piperidine rings is 1. The summed E-state index contributed by atoms with van der Waals surface area (Å²) in [6.45, 7) is 4.51. The zero-order valence-electron chi connectivity index (χ0n) is 8.11. The van der Waals surface area contributed by atoms with Crippen LogP contribution in [0.2, 0.25) is 0 Å². The van der Waals surface area contributed by atoms with E-state index >= 15 is 0 Å². The summed E-state index contributed by atoms with van der Waals surface area (Å²) in [5, 5.41) is 8.81. The Kier molecular flexibility index (Phi) is 3.68. The lowest BCUT2D eigenvalue weighted by molar-refractivity contribution is -0.145. The Balaban J connectivity index is 2.51. The van der Waals surface area contributed by atoms with Crippen LogP contribution in [-0.4, -0.2) is 35.0 Å². The van der Waals surface area contributed by atoms with Gasteiger partial charge in [0, 0.05) is 19.5 Å². The number of carboxylic acid groups (broad SMARTS) is 1. The first-order valence-electron chi connectivity index (χ1n) is 4.76. The molecule has 0 radical (unpaired) electrons. The summed E-state index contributed by atoms with van der Waals surface area (Å²) in [6.07, 6.45) is 3.30. The van der Waals surface area contributed by atoms with Crippen molar-refractivity contribution >= 4 is 11.9 Å². The van der Waals surface area contributed by atoms with E-state index in [-0.39, 0.29) is 5.91 Å². The zero-order valence-corrected chi connectivity index (χ0v) is 8.11. The maximum absolute atomic E-state index is 11.4. The molecule has 1 rings (SSSR count). The van der Waals surface area contributed by atoms with E-state index in [2.05, 4.69) is 6.58 Å². The minimum Gasteiger partial charge on any atom is -0.481 e. The highest BCUT2D eigenvalue weighted by Crippen LogP contribution is 2.17. The molecule has 0 spiro atoms. The number of aliphatic carboxylic acids is 1. The van der Waals surface area contributed by atoms with Crippen molar-refractivity contribution in [2.75, 3.05) is 13.1 Å². The third kappa shape index (κ3) is 2.58. The molecule has 1 saturated heterocycles. The molecule has 1 N–H and O–H groups in total. The van der Waals surface area contributed by atoms with Crippen LogP contribution in [0.4, 0.5) is 0 Å². The van der Waals surface area contributed by atoms with E-state index in [4.69, 9.17) is 5.11 Å². The molecule has 0 aromatic carbocycles. The summed E-state index contributed by atoms with van der Waals surface area (Å²) in [7, 11) is 0. The normalized spacial score (nSPS) is 21.7. The number of carbonyl (C=O) groups is 2. The van der Waals surface area contributed by atoms with Gasteiger partial charge in [-0.1, -0.05) is 6.08 Å². The second-order valence-electron chi connectivity index (χ2n) is 3.51. The summed E-state index contributed by atoms with van der Waals surface area (Å²) in [4.78, 5) is 23.8. The molecule has 0 aromatic heterocycles. The van der Waals surface area contributed by atoms with E-state index in [1.54, 1.807) is 11.0 Å². The Morgan fingerprint density at radius 3 is 2.86 bits per heavy atom. The largest absolute Gasteiger partial charge is 0.481 e. The Hall–Kier alpha value is -1.32. The highest BCUT2D eigenvalue weighted by atomic mass is 16.4. The fraction of sp³-hybridized carbons (Fsp3) is 0.600. The van der Waals surface area contributed by atoms with E-state index in [0.29, 0.717) is 25.9 Å². The van der Waals surface area contributed by atoms with E-state index in [0.717, 1.165) is 6.42 Å². The molecule has 0 aliphatic carbocycles. The van der Waals surface area contributed by atoms with Crippen molar-refractivity contribution in [1.82, 2.24) is 4.90 Å². The summed E-state index contributed by atoms with van der Waals surface area (Å²) in [5.41, 5.74) is 0. The molecular formula is C10H15NO3. The molecule has 0 bridgehead atoms. The number of carboxylic acids is 1. The molecule has 78 valence electrons. The summed E-state index contributed by atoms with van der Waals surface area (Å²) < 4.78 is 0. The van der Waals surface area contributed by atoms with E-state index < -0.39 is 11.9 Å². The first-order valence-corrected chi connectivity index (χ1v) is 4.76. The fourth-order valence-corrected chi connectivity index (χ4v) is 1.66. The molecule has 1 aliphatic heterocycles. The molecule has 1 aliphatic rings. The Labute approximate surface area is 83.2 Å². The van der Waals surface area contributed by atoms with Crippen molar-refractivity contribution in [3.63, 3.8) is 0 Å². The maximum Gasteiger partial charge on any atom is 0.308 e. The van der Waals surface area contributed by atoms with Crippen LogP contribution >= 0.6 is 0 Å². The smallest absolute Gasteiger partial charge is 0.308 e. The van der Waals surface area contributed by atoms with Gasteiger partial charge in [-0.25, -0.2) is 0 Å². The molecule has 14 heavy (non-hydrogen) atoms. The number of carbonyl (C=O) groups excluding carboxylic acids is 1. The van der Waals surface area contributed by atoms with Crippen LogP contribution in [0.1, 0.15) is 19.3 Å². The average Bonchev–Trinajstić information content (AvgIpc) is 2.18. The number of nitrogens with zero attached hydrogens (tertiary/aromatic N) is 1. The van der Waals surface area contributed by atoms with Crippen LogP contribution in [0.15, 0.2) is 12.7 Å². The molecule has 1 heterocycles. The summed E-state index contributed by atoms with van der Waals surface area (Å²) in [6, 6.07) is 0. The van der Waals surface area contributed by atoms with Gasteiger partial charge in [-0.2, -0.15) is 0 Å². The average molecular weight is 197 g/mol. The van der Waals surface area contributed by atoms with Crippen molar-refractivity contribution in [3.05, 3.63) is 12.7 Å². The second-order valence-corrected chi connectivity index (χ2v) is 3.51. The van der Waals surface area contributed by atoms with Crippen LogP contribution in [0.5, 0.6) is 0 Å². The van der Waals surface area contributed by atoms with Gasteiger partial charge in [0.15, 0.2) is 0 Å². The number of rotatable bonds is 3. The monoisotopic (exact) mass is 197 g/mol. The molecular weight excluding hydrogens is 182 g/mol. The number of hydrogen-bond acceptors (Lipinski definition) is 2. The first kappa shape index (κ1) is 10.8. The SMILES string of the molecule is C=CCC(=O)N1CCC[C@H](C(=O)O)C1. The van der Waals surface area contributed by atoms with Crippen LogP contribution in [-0.2, 0) is 9.59 Å². The van der Waals surface area contributed by atoms with Crippen molar-refractivity contribution in [2.24, 2.45) is 5.92 Å². The third-order valence-corrected chi connectivity index (χ3v) is 2.44. The molecule has 0 aromatic rings. The van der Waals surface area contributed by atoms with Crippen molar-refractivity contribution in [2.45, 2.75) is 19.3 Å². The highest BCUT2D eigenvalue weighted by Gasteiger charge is 2.27. The van der Waals surface area contributed by atoms with Crippen molar-refractivity contribution in [1.29, 1.82) is 0 Å².